The zero-order chi connectivity index (χ0) is 25.1. The molecule has 0 saturated carbocycles. The standard InChI is InChI=1S/C28H28N4O4/c1-36-24-15-9-8-14-23(24)30-16-18-31(19-17-30)25(33)20-32-26(34)28(29-27(32)35,21-10-4-2-5-11-21)22-12-6-3-7-13-22/h2-15H,16-20H2,1H3,(H,29,35). The Labute approximate surface area is 210 Å². The van der Waals surface area contributed by atoms with Crippen LogP contribution in [0.25, 0.3) is 0 Å². The highest BCUT2D eigenvalue weighted by Crippen LogP contribution is 2.36. The van der Waals surface area contributed by atoms with Crippen molar-refractivity contribution in [2.45, 2.75) is 5.54 Å². The van der Waals surface area contributed by atoms with Crippen LogP contribution in [0.5, 0.6) is 5.75 Å². The topological polar surface area (TPSA) is 82.2 Å². The van der Waals surface area contributed by atoms with E-state index in [-0.39, 0.29) is 12.5 Å². The average molecular weight is 485 g/mol. The molecule has 0 aliphatic carbocycles. The SMILES string of the molecule is COc1ccccc1N1CCN(C(=O)CN2C(=O)NC(c3ccccc3)(c3ccccc3)C2=O)CC1. The number of carbonyl (C=O) groups is 3. The fraction of sp³-hybridized carbons (Fsp3) is 0.250. The van der Waals surface area contributed by atoms with Gasteiger partial charge in [0.25, 0.3) is 5.91 Å². The lowest BCUT2D eigenvalue weighted by Crippen LogP contribution is -2.52. The molecule has 0 unspecified atom stereocenters. The summed E-state index contributed by atoms with van der Waals surface area (Å²) in [5, 5.41) is 2.89. The first-order chi connectivity index (χ1) is 17.5. The summed E-state index contributed by atoms with van der Waals surface area (Å²) >= 11 is 0. The van der Waals surface area contributed by atoms with Crippen LogP contribution in [0.4, 0.5) is 10.5 Å². The first kappa shape index (κ1) is 23.4. The molecule has 0 bridgehead atoms. The lowest BCUT2D eigenvalue weighted by Gasteiger charge is -2.37. The van der Waals surface area contributed by atoms with Gasteiger partial charge in [0.2, 0.25) is 5.91 Å². The van der Waals surface area contributed by atoms with E-state index in [4.69, 9.17) is 4.74 Å². The minimum absolute atomic E-state index is 0.255. The van der Waals surface area contributed by atoms with Gasteiger partial charge in [0.1, 0.15) is 12.3 Å². The Bertz CT molecular complexity index is 1220. The minimum Gasteiger partial charge on any atom is -0.495 e. The van der Waals surface area contributed by atoms with Crippen LogP contribution in [0.15, 0.2) is 84.9 Å². The van der Waals surface area contributed by atoms with E-state index < -0.39 is 17.5 Å². The number of hydrogen-bond donors (Lipinski definition) is 1. The van der Waals surface area contributed by atoms with E-state index in [1.165, 1.54) is 0 Å². The number of urea groups is 1. The maximum atomic E-state index is 13.8. The van der Waals surface area contributed by atoms with Gasteiger partial charge in [-0.2, -0.15) is 0 Å². The van der Waals surface area contributed by atoms with Crippen LogP contribution in [0.2, 0.25) is 0 Å². The Morgan fingerprint density at radius 1 is 0.833 bits per heavy atom. The van der Waals surface area contributed by atoms with Gasteiger partial charge in [0.05, 0.1) is 12.8 Å². The van der Waals surface area contributed by atoms with Crippen molar-refractivity contribution in [3.63, 3.8) is 0 Å². The number of para-hydroxylation sites is 2. The summed E-state index contributed by atoms with van der Waals surface area (Å²) in [6.07, 6.45) is 0. The van der Waals surface area contributed by atoms with Gasteiger partial charge in [-0.3, -0.25) is 14.5 Å². The van der Waals surface area contributed by atoms with Crippen LogP contribution in [-0.4, -0.2) is 67.5 Å². The molecule has 4 amide bonds. The predicted molar refractivity (Wildman–Crippen MR) is 136 cm³/mol. The van der Waals surface area contributed by atoms with Gasteiger partial charge in [-0.05, 0) is 23.3 Å². The molecule has 0 atom stereocenters. The van der Waals surface area contributed by atoms with Crippen LogP contribution in [-0.2, 0) is 15.1 Å². The molecule has 1 N–H and O–H groups in total. The van der Waals surface area contributed by atoms with Gasteiger partial charge in [0, 0.05) is 26.2 Å². The number of carbonyl (C=O) groups excluding carboxylic acids is 3. The van der Waals surface area contributed by atoms with Crippen LogP contribution >= 0.6 is 0 Å². The minimum atomic E-state index is -1.37. The highest BCUT2D eigenvalue weighted by Gasteiger charge is 2.54. The van der Waals surface area contributed by atoms with Crippen molar-refractivity contribution in [2.24, 2.45) is 0 Å². The summed E-state index contributed by atoms with van der Waals surface area (Å²) in [4.78, 5) is 45.0. The number of benzene rings is 3. The maximum absolute atomic E-state index is 13.8. The Morgan fingerprint density at radius 2 is 1.39 bits per heavy atom. The van der Waals surface area contributed by atoms with Gasteiger partial charge >= 0.3 is 6.03 Å². The summed E-state index contributed by atoms with van der Waals surface area (Å²) in [5.41, 5.74) is 0.907. The number of ether oxygens (including phenoxy) is 1. The molecule has 2 heterocycles. The molecule has 0 spiro atoms. The van der Waals surface area contributed by atoms with E-state index in [0.717, 1.165) is 16.3 Å². The first-order valence-corrected chi connectivity index (χ1v) is 12.0. The van der Waals surface area contributed by atoms with Gasteiger partial charge in [-0.15, -0.1) is 0 Å². The van der Waals surface area contributed by atoms with Crippen LogP contribution in [0.3, 0.4) is 0 Å². The second-order valence-corrected chi connectivity index (χ2v) is 8.84. The Hall–Kier alpha value is -4.33. The van der Waals surface area contributed by atoms with E-state index in [9.17, 15) is 14.4 Å². The van der Waals surface area contributed by atoms with Gasteiger partial charge in [-0.1, -0.05) is 72.8 Å². The van der Waals surface area contributed by atoms with Gasteiger partial charge in [0.15, 0.2) is 5.54 Å². The van der Waals surface area contributed by atoms with Gasteiger partial charge < -0.3 is 19.9 Å². The van der Waals surface area contributed by atoms with E-state index >= 15 is 0 Å². The van der Waals surface area contributed by atoms with Crippen molar-refractivity contribution in [2.75, 3.05) is 44.7 Å². The second kappa shape index (κ2) is 9.73. The summed E-state index contributed by atoms with van der Waals surface area (Å²) < 4.78 is 5.47. The number of hydrogen-bond acceptors (Lipinski definition) is 5. The number of nitrogens with one attached hydrogen (secondary N) is 1. The third-order valence-electron chi connectivity index (χ3n) is 6.87. The molecule has 2 aliphatic heterocycles. The lowest BCUT2D eigenvalue weighted by molar-refractivity contribution is -0.138. The summed E-state index contributed by atoms with van der Waals surface area (Å²) in [5.74, 6) is 0.0794. The highest BCUT2D eigenvalue weighted by atomic mass is 16.5. The summed E-state index contributed by atoms with van der Waals surface area (Å²) in [6.45, 7) is 1.93. The van der Waals surface area contributed by atoms with Crippen molar-refractivity contribution in [1.29, 1.82) is 0 Å². The van der Waals surface area contributed by atoms with E-state index in [1.54, 1.807) is 12.0 Å². The normalized spacial score (nSPS) is 17.2. The number of methoxy groups -OCH3 is 1. The maximum Gasteiger partial charge on any atom is 0.326 e. The van der Waals surface area contributed by atoms with Crippen LogP contribution < -0.4 is 15.0 Å². The zero-order valence-corrected chi connectivity index (χ0v) is 20.1. The number of piperazine rings is 1. The van der Waals surface area contributed by atoms with Crippen molar-refractivity contribution in [1.82, 2.24) is 15.1 Å². The molecule has 2 saturated heterocycles. The molecule has 8 nitrogen and oxygen atoms in total. The quantitative estimate of drug-likeness (QED) is 0.544. The number of imide groups is 1. The molecule has 2 fully saturated rings. The molecule has 3 aromatic rings. The van der Waals surface area contributed by atoms with E-state index in [0.29, 0.717) is 37.3 Å². The van der Waals surface area contributed by atoms with Crippen LogP contribution in [0, 0.1) is 0 Å². The fourth-order valence-electron chi connectivity index (χ4n) is 4.98. The smallest absolute Gasteiger partial charge is 0.326 e. The third-order valence-corrected chi connectivity index (χ3v) is 6.87. The van der Waals surface area contributed by atoms with Crippen molar-refractivity contribution < 1.29 is 19.1 Å². The molecule has 184 valence electrons. The largest absolute Gasteiger partial charge is 0.495 e. The number of nitrogens with zero attached hydrogens (tertiary/aromatic N) is 3. The highest BCUT2D eigenvalue weighted by molar-refractivity contribution is 6.11. The molecule has 5 rings (SSSR count). The molecule has 36 heavy (non-hydrogen) atoms. The van der Waals surface area contributed by atoms with E-state index in [2.05, 4.69) is 10.2 Å². The Kier molecular flexibility index (Phi) is 6.33. The molecular weight excluding hydrogens is 456 g/mol. The fourth-order valence-corrected chi connectivity index (χ4v) is 4.98. The summed E-state index contributed by atoms with van der Waals surface area (Å²) in [6, 6.07) is 25.5. The number of rotatable bonds is 6. The monoisotopic (exact) mass is 484 g/mol. The Balaban J connectivity index is 1.32. The van der Waals surface area contributed by atoms with Crippen molar-refractivity contribution in [3.05, 3.63) is 96.1 Å². The third kappa shape index (κ3) is 4.04. The van der Waals surface area contributed by atoms with Crippen molar-refractivity contribution >= 4 is 23.5 Å². The molecule has 2 aliphatic rings. The second-order valence-electron chi connectivity index (χ2n) is 8.84. The predicted octanol–water partition coefficient (Wildman–Crippen LogP) is 2.84. The molecule has 0 radical (unpaired) electrons. The average Bonchev–Trinajstić information content (AvgIpc) is 3.19. The van der Waals surface area contributed by atoms with Gasteiger partial charge in [-0.25, -0.2) is 4.79 Å². The number of anilines is 1. The lowest BCUT2D eigenvalue weighted by atomic mass is 9.82. The van der Waals surface area contributed by atoms with Crippen molar-refractivity contribution in [3.8, 4) is 5.75 Å². The van der Waals surface area contributed by atoms with Crippen LogP contribution in [0.1, 0.15) is 11.1 Å². The Morgan fingerprint density at radius 3 is 1.97 bits per heavy atom. The molecule has 3 aromatic carbocycles. The number of amides is 4. The molecule has 8 heteroatoms. The molecule has 0 aromatic heterocycles. The van der Waals surface area contributed by atoms with E-state index in [1.807, 2.05) is 84.9 Å². The zero-order valence-electron chi connectivity index (χ0n) is 20.1. The first-order valence-electron chi connectivity index (χ1n) is 12.0. The summed E-state index contributed by atoms with van der Waals surface area (Å²) in [7, 11) is 1.64. The molecular formula is C28H28N4O4.